The van der Waals surface area contributed by atoms with Gasteiger partial charge in [-0.05, 0) is 24.5 Å². The van der Waals surface area contributed by atoms with Crippen LogP contribution in [0.15, 0.2) is 18.2 Å². The average molecular weight is 274 g/mol. The van der Waals surface area contributed by atoms with Crippen molar-refractivity contribution >= 4 is 24.3 Å². The van der Waals surface area contributed by atoms with Crippen molar-refractivity contribution in [1.82, 2.24) is 0 Å². The van der Waals surface area contributed by atoms with Gasteiger partial charge in [0.25, 0.3) is 6.71 Å². The predicted octanol–water partition coefficient (Wildman–Crippen LogP) is 1.52. The lowest BCUT2D eigenvalue weighted by molar-refractivity contribution is -0.116. The molecule has 0 saturated carbocycles. The lowest BCUT2D eigenvalue weighted by Crippen LogP contribution is -2.41. The fourth-order valence-corrected chi connectivity index (χ4v) is 2.18. The minimum absolute atomic E-state index is 0.0534. The summed E-state index contributed by atoms with van der Waals surface area (Å²) < 4.78 is 18.1. The third-order valence-corrected chi connectivity index (χ3v) is 3.22. The van der Waals surface area contributed by atoms with Gasteiger partial charge in [-0.25, -0.2) is 14.4 Å². The summed E-state index contributed by atoms with van der Waals surface area (Å²) in [5.74, 6) is 0.540. The molecule has 1 aromatic rings. The van der Waals surface area contributed by atoms with Crippen molar-refractivity contribution in [1.29, 1.82) is 5.26 Å². The highest BCUT2D eigenvalue weighted by Crippen LogP contribution is 2.24. The van der Waals surface area contributed by atoms with E-state index in [-0.39, 0.29) is 24.5 Å². The number of carbonyl (C=O) groups excluding carboxylic acids is 2. The van der Waals surface area contributed by atoms with Gasteiger partial charge in [0, 0.05) is 24.5 Å². The van der Waals surface area contributed by atoms with Gasteiger partial charge < -0.3 is 9.64 Å². The number of amides is 1. The second-order valence-electron chi connectivity index (χ2n) is 4.55. The SMILES string of the molecule is COC(=O)c1cc(F)cc(N2CCB(C#N)CC2=O)c1. The minimum atomic E-state index is -0.662. The number of anilines is 1. The summed E-state index contributed by atoms with van der Waals surface area (Å²) in [6, 6.07) is 3.67. The first kappa shape index (κ1) is 14.1. The number of esters is 1. The lowest BCUT2D eigenvalue weighted by atomic mass is 9.45. The lowest BCUT2D eigenvalue weighted by Gasteiger charge is -2.28. The van der Waals surface area contributed by atoms with E-state index < -0.39 is 11.8 Å². The van der Waals surface area contributed by atoms with Gasteiger partial charge in [0.1, 0.15) is 5.82 Å². The van der Waals surface area contributed by atoms with Crippen molar-refractivity contribution in [2.24, 2.45) is 0 Å². The van der Waals surface area contributed by atoms with Gasteiger partial charge in [-0.2, -0.15) is 0 Å². The molecule has 2 rings (SSSR count). The van der Waals surface area contributed by atoms with E-state index in [1.165, 1.54) is 24.1 Å². The molecular formula is C13H12BFN2O3. The predicted molar refractivity (Wildman–Crippen MR) is 71.1 cm³/mol. The van der Waals surface area contributed by atoms with Crippen LogP contribution in [0.4, 0.5) is 10.1 Å². The van der Waals surface area contributed by atoms with Gasteiger partial charge in [0.2, 0.25) is 5.91 Å². The first-order valence-corrected chi connectivity index (χ1v) is 6.14. The molecule has 0 N–H and O–H groups in total. The summed E-state index contributed by atoms with van der Waals surface area (Å²) in [5.41, 5.74) is 0.365. The second-order valence-corrected chi connectivity index (χ2v) is 4.55. The molecule has 0 bridgehead atoms. The van der Waals surface area contributed by atoms with E-state index in [2.05, 4.69) is 10.7 Å². The summed E-state index contributed by atoms with van der Waals surface area (Å²) in [6.07, 6.45) is 0.646. The minimum Gasteiger partial charge on any atom is -0.465 e. The van der Waals surface area contributed by atoms with Gasteiger partial charge in [-0.3, -0.25) is 4.79 Å². The molecule has 0 aromatic heterocycles. The Morgan fingerprint density at radius 3 is 2.85 bits per heavy atom. The number of hydrogen-bond acceptors (Lipinski definition) is 4. The number of rotatable bonds is 2. The van der Waals surface area contributed by atoms with Crippen LogP contribution in [0.3, 0.4) is 0 Å². The Bertz CT molecular complexity index is 600. The highest BCUT2D eigenvalue weighted by Gasteiger charge is 2.30. The van der Waals surface area contributed by atoms with Crippen LogP contribution in [0.2, 0.25) is 12.6 Å². The van der Waals surface area contributed by atoms with Gasteiger partial charge >= 0.3 is 5.97 Å². The van der Waals surface area contributed by atoms with Crippen LogP contribution in [0.1, 0.15) is 10.4 Å². The second kappa shape index (κ2) is 5.74. The number of methoxy groups -OCH3 is 1. The molecule has 5 nitrogen and oxygen atoms in total. The number of ether oxygens (including phenoxy) is 1. The number of carbonyl (C=O) groups is 2. The van der Waals surface area contributed by atoms with E-state index in [0.29, 0.717) is 18.6 Å². The normalized spacial score (nSPS) is 14.9. The number of benzene rings is 1. The maximum absolute atomic E-state index is 13.6. The number of halogens is 1. The average Bonchev–Trinajstić information content (AvgIpc) is 2.45. The topological polar surface area (TPSA) is 70.4 Å². The molecule has 1 fully saturated rings. The molecule has 1 aliphatic heterocycles. The first-order chi connectivity index (χ1) is 9.55. The van der Waals surface area contributed by atoms with Crippen molar-refractivity contribution in [3.05, 3.63) is 29.6 Å². The molecule has 1 aliphatic rings. The van der Waals surface area contributed by atoms with E-state index in [1.54, 1.807) is 0 Å². The van der Waals surface area contributed by atoms with Crippen LogP contribution < -0.4 is 4.90 Å². The van der Waals surface area contributed by atoms with Crippen molar-refractivity contribution in [3.63, 3.8) is 0 Å². The Labute approximate surface area is 116 Å². The van der Waals surface area contributed by atoms with Crippen LogP contribution >= 0.6 is 0 Å². The molecule has 7 heteroatoms. The van der Waals surface area contributed by atoms with Crippen LogP contribution in [0.25, 0.3) is 0 Å². The first-order valence-electron chi connectivity index (χ1n) is 6.14. The van der Waals surface area contributed by atoms with Crippen molar-refractivity contribution in [2.45, 2.75) is 12.6 Å². The Morgan fingerprint density at radius 2 is 2.25 bits per heavy atom. The van der Waals surface area contributed by atoms with Crippen LogP contribution in [-0.2, 0) is 9.53 Å². The highest BCUT2D eigenvalue weighted by molar-refractivity contribution is 6.71. The molecule has 0 unspecified atom stereocenters. The largest absolute Gasteiger partial charge is 0.465 e. The molecule has 20 heavy (non-hydrogen) atoms. The summed E-state index contributed by atoms with van der Waals surface area (Å²) in [4.78, 5) is 24.8. The molecular weight excluding hydrogens is 262 g/mol. The van der Waals surface area contributed by atoms with Crippen molar-refractivity contribution < 1.29 is 18.7 Å². The van der Waals surface area contributed by atoms with E-state index in [1.807, 2.05) is 0 Å². The molecule has 1 aromatic carbocycles. The number of hydrogen-bond donors (Lipinski definition) is 0. The molecule has 1 saturated heterocycles. The van der Waals surface area contributed by atoms with Gasteiger partial charge in [0.05, 0.1) is 12.7 Å². The fourth-order valence-electron chi connectivity index (χ4n) is 2.18. The zero-order valence-corrected chi connectivity index (χ0v) is 10.9. The van der Waals surface area contributed by atoms with Crippen LogP contribution in [-0.4, -0.2) is 32.2 Å². The van der Waals surface area contributed by atoms with Gasteiger partial charge in [-0.15, -0.1) is 0 Å². The zero-order chi connectivity index (χ0) is 14.7. The number of nitrogens with zero attached hydrogens (tertiary/aromatic N) is 2. The summed E-state index contributed by atoms with van der Waals surface area (Å²) >= 11 is 0. The number of nitriles is 1. The summed E-state index contributed by atoms with van der Waals surface area (Å²) in [7, 11) is 1.20. The van der Waals surface area contributed by atoms with E-state index in [0.717, 1.165) is 6.07 Å². The third kappa shape index (κ3) is 2.80. The smallest absolute Gasteiger partial charge is 0.338 e. The Hall–Kier alpha value is -2.36. The maximum atomic E-state index is 13.6. The highest BCUT2D eigenvalue weighted by atomic mass is 19.1. The molecule has 102 valence electrons. The standard InChI is InChI=1S/C13H12BFN2O3/c1-20-13(19)9-4-10(15)6-11(5-9)17-3-2-14(8-16)7-12(17)18/h4-6H,2-3,7H2,1H3. The van der Waals surface area contributed by atoms with Gasteiger partial charge in [-0.1, -0.05) is 0 Å². The Balaban J connectivity index is 2.29. The van der Waals surface area contributed by atoms with E-state index in [4.69, 9.17) is 5.26 Å². The molecule has 1 amide bonds. The summed E-state index contributed by atoms with van der Waals surface area (Å²) in [6.45, 7) is 0.0357. The molecule has 0 radical (unpaired) electrons. The molecule has 0 atom stereocenters. The van der Waals surface area contributed by atoms with Gasteiger partial charge in [0.15, 0.2) is 0 Å². The third-order valence-electron chi connectivity index (χ3n) is 3.22. The van der Waals surface area contributed by atoms with Crippen LogP contribution in [0, 0.1) is 17.0 Å². The Morgan fingerprint density at radius 1 is 1.50 bits per heavy atom. The molecule has 1 heterocycles. The fraction of sp³-hybridized carbons (Fsp3) is 0.308. The quantitative estimate of drug-likeness (QED) is 0.605. The summed E-state index contributed by atoms with van der Waals surface area (Å²) in [5, 5.41) is 8.82. The monoisotopic (exact) mass is 274 g/mol. The maximum Gasteiger partial charge on any atom is 0.338 e. The Kier molecular flexibility index (Phi) is 4.03. The van der Waals surface area contributed by atoms with Crippen molar-refractivity contribution in [3.8, 4) is 5.97 Å². The van der Waals surface area contributed by atoms with E-state index >= 15 is 0 Å². The van der Waals surface area contributed by atoms with E-state index in [9.17, 15) is 14.0 Å². The van der Waals surface area contributed by atoms with Crippen LogP contribution in [0.5, 0.6) is 0 Å². The van der Waals surface area contributed by atoms with Crippen molar-refractivity contribution in [2.75, 3.05) is 18.6 Å². The molecule has 0 aliphatic carbocycles. The zero-order valence-electron chi connectivity index (χ0n) is 10.9. The molecule has 0 spiro atoms.